The van der Waals surface area contributed by atoms with Gasteiger partial charge >= 0.3 is 5.69 Å². The van der Waals surface area contributed by atoms with Crippen LogP contribution in [0.2, 0.25) is 0 Å². The standard InChI is InChI=1S/C15H14N4O7S/c1-2-26-15-7-6-11(8-14(15)19(22)23)10-16-17-27(24,25)13-5-3-4-12(9-13)18(20)21/h3-10,17H,2H2,1H3/b16-10+. The largest absolute Gasteiger partial charge is 0.487 e. The van der Waals surface area contributed by atoms with Gasteiger partial charge in [-0.1, -0.05) is 6.07 Å². The number of nitrogens with one attached hydrogen (secondary N) is 1. The Bertz CT molecular complexity index is 1000. The maximum atomic E-state index is 12.1. The van der Waals surface area contributed by atoms with Crippen LogP contribution in [0.3, 0.4) is 0 Å². The summed E-state index contributed by atoms with van der Waals surface area (Å²) in [6, 6.07) is 8.46. The number of nitro benzene ring substituents is 2. The van der Waals surface area contributed by atoms with Crippen molar-refractivity contribution in [2.45, 2.75) is 11.8 Å². The third-order valence-corrected chi connectivity index (χ3v) is 4.43. The van der Waals surface area contributed by atoms with Gasteiger partial charge < -0.3 is 4.74 Å². The van der Waals surface area contributed by atoms with Gasteiger partial charge in [0.05, 0.1) is 27.6 Å². The molecule has 0 amide bonds. The number of rotatable bonds is 8. The molecule has 0 aliphatic rings. The van der Waals surface area contributed by atoms with Crippen molar-refractivity contribution < 1.29 is 23.0 Å². The number of sulfonamides is 1. The Labute approximate surface area is 153 Å². The molecule has 0 saturated carbocycles. The molecule has 0 atom stereocenters. The molecule has 0 saturated heterocycles. The van der Waals surface area contributed by atoms with Gasteiger partial charge in [0, 0.05) is 23.8 Å². The van der Waals surface area contributed by atoms with Crippen molar-refractivity contribution in [2.24, 2.45) is 5.10 Å². The molecule has 11 nitrogen and oxygen atoms in total. The minimum Gasteiger partial charge on any atom is -0.487 e. The molecule has 12 heteroatoms. The molecule has 27 heavy (non-hydrogen) atoms. The zero-order valence-electron chi connectivity index (χ0n) is 13.9. The van der Waals surface area contributed by atoms with E-state index in [1.807, 2.05) is 4.83 Å². The van der Waals surface area contributed by atoms with Crippen molar-refractivity contribution in [3.8, 4) is 5.75 Å². The summed E-state index contributed by atoms with van der Waals surface area (Å²) in [7, 11) is -4.14. The Balaban J connectivity index is 2.21. The Hall–Kier alpha value is -3.54. The van der Waals surface area contributed by atoms with Crippen LogP contribution in [0, 0.1) is 20.2 Å². The van der Waals surface area contributed by atoms with E-state index in [1.54, 1.807) is 6.92 Å². The first-order valence-corrected chi connectivity index (χ1v) is 8.93. The second-order valence-electron chi connectivity index (χ2n) is 5.02. The van der Waals surface area contributed by atoms with Crippen LogP contribution in [0.5, 0.6) is 5.75 Å². The Morgan fingerprint density at radius 1 is 1.15 bits per heavy atom. The molecule has 2 rings (SSSR count). The quantitative estimate of drug-likeness (QED) is 0.409. The van der Waals surface area contributed by atoms with Gasteiger partial charge in [-0.3, -0.25) is 20.2 Å². The van der Waals surface area contributed by atoms with Crippen molar-refractivity contribution in [1.82, 2.24) is 4.83 Å². The number of hydrogen-bond acceptors (Lipinski definition) is 8. The van der Waals surface area contributed by atoms with Crippen LogP contribution in [-0.4, -0.2) is 31.1 Å². The highest BCUT2D eigenvalue weighted by molar-refractivity contribution is 7.89. The van der Waals surface area contributed by atoms with Gasteiger partial charge in [-0.05, 0) is 25.1 Å². The smallest absolute Gasteiger partial charge is 0.311 e. The Morgan fingerprint density at radius 2 is 1.89 bits per heavy atom. The number of ether oxygens (including phenoxy) is 1. The topological polar surface area (TPSA) is 154 Å². The van der Waals surface area contributed by atoms with Gasteiger partial charge in [-0.2, -0.15) is 13.5 Å². The predicted octanol–water partition coefficient (Wildman–Crippen LogP) is 2.21. The minimum absolute atomic E-state index is 0.0804. The minimum atomic E-state index is -4.14. The van der Waals surface area contributed by atoms with Gasteiger partial charge in [0.2, 0.25) is 0 Å². The normalized spacial score (nSPS) is 11.3. The number of hydrogen-bond donors (Lipinski definition) is 1. The van der Waals surface area contributed by atoms with E-state index in [9.17, 15) is 28.6 Å². The first-order chi connectivity index (χ1) is 12.7. The predicted molar refractivity (Wildman–Crippen MR) is 95.3 cm³/mol. The van der Waals surface area contributed by atoms with E-state index in [0.29, 0.717) is 0 Å². The highest BCUT2D eigenvalue weighted by Gasteiger charge is 2.17. The van der Waals surface area contributed by atoms with Crippen molar-refractivity contribution in [3.05, 3.63) is 68.3 Å². The second-order valence-corrected chi connectivity index (χ2v) is 6.69. The third-order valence-electron chi connectivity index (χ3n) is 3.20. The van der Waals surface area contributed by atoms with Gasteiger partial charge in [-0.15, -0.1) is 0 Å². The average molecular weight is 394 g/mol. The lowest BCUT2D eigenvalue weighted by molar-refractivity contribution is -0.385. The SMILES string of the molecule is CCOc1ccc(/C=N/NS(=O)(=O)c2cccc([N+](=O)[O-])c2)cc1[N+](=O)[O-]. The van der Waals surface area contributed by atoms with Crippen LogP contribution >= 0.6 is 0 Å². The van der Waals surface area contributed by atoms with Crippen molar-refractivity contribution in [1.29, 1.82) is 0 Å². The van der Waals surface area contributed by atoms with Gasteiger partial charge in [-0.25, -0.2) is 4.83 Å². The van der Waals surface area contributed by atoms with E-state index in [2.05, 4.69) is 5.10 Å². The summed E-state index contributed by atoms with van der Waals surface area (Å²) in [4.78, 5) is 22.0. The van der Waals surface area contributed by atoms with E-state index in [4.69, 9.17) is 4.74 Å². The zero-order valence-corrected chi connectivity index (χ0v) is 14.8. The monoisotopic (exact) mass is 394 g/mol. The van der Waals surface area contributed by atoms with Gasteiger partial charge in [0.15, 0.2) is 5.75 Å². The van der Waals surface area contributed by atoms with E-state index < -0.39 is 19.9 Å². The molecule has 0 radical (unpaired) electrons. The summed E-state index contributed by atoms with van der Waals surface area (Å²) in [5, 5.41) is 25.3. The van der Waals surface area contributed by atoms with E-state index in [-0.39, 0.29) is 34.2 Å². The lowest BCUT2D eigenvalue weighted by Crippen LogP contribution is -2.18. The number of benzene rings is 2. The molecule has 0 aliphatic heterocycles. The van der Waals surface area contributed by atoms with E-state index >= 15 is 0 Å². The van der Waals surface area contributed by atoms with Gasteiger partial charge in [0.1, 0.15) is 0 Å². The second kappa shape index (κ2) is 8.23. The lowest BCUT2D eigenvalue weighted by Gasteiger charge is -2.05. The van der Waals surface area contributed by atoms with Crippen LogP contribution in [0.15, 0.2) is 52.5 Å². The Kier molecular flexibility index (Phi) is 6.03. The number of non-ortho nitro benzene ring substituents is 1. The van der Waals surface area contributed by atoms with E-state index in [0.717, 1.165) is 18.3 Å². The fourth-order valence-corrected chi connectivity index (χ4v) is 2.85. The molecule has 0 aromatic heterocycles. The van der Waals surface area contributed by atoms with E-state index in [1.165, 1.54) is 30.3 Å². The summed E-state index contributed by atoms with van der Waals surface area (Å²) in [6.45, 7) is 1.93. The molecule has 0 spiro atoms. The fraction of sp³-hybridized carbons (Fsp3) is 0.133. The molecule has 2 aromatic rings. The lowest BCUT2D eigenvalue weighted by atomic mass is 10.2. The summed E-state index contributed by atoms with van der Waals surface area (Å²) in [5.41, 5.74) is -0.418. The number of hydrazone groups is 1. The zero-order chi connectivity index (χ0) is 20.0. The summed E-state index contributed by atoms with van der Waals surface area (Å²) in [6.07, 6.45) is 1.07. The van der Waals surface area contributed by atoms with Crippen molar-refractivity contribution in [3.63, 3.8) is 0 Å². The highest BCUT2D eigenvalue weighted by atomic mass is 32.2. The molecule has 0 unspecified atom stereocenters. The molecular weight excluding hydrogens is 380 g/mol. The van der Waals surface area contributed by atoms with Gasteiger partial charge in [0.25, 0.3) is 15.7 Å². The maximum absolute atomic E-state index is 12.1. The number of nitro groups is 2. The molecule has 0 heterocycles. The van der Waals surface area contributed by atoms with Crippen LogP contribution in [0.25, 0.3) is 0 Å². The fourth-order valence-electron chi connectivity index (χ4n) is 2.02. The van der Waals surface area contributed by atoms with Crippen molar-refractivity contribution >= 4 is 27.6 Å². The molecule has 0 bridgehead atoms. The summed E-state index contributed by atoms with van der Waals surface area (Å²) in [5.74, 6) is 0.0804. The number of nitrogens with zero attached hydrogens (tertiary/aromatic N) is 3. The molecule has 1 N–H and O–H groups in total. The first kappa shape index (κ1) is 19.8. The average Bonchev–Trinajstić information content (AvgIpc) is 2.63. The molecule has 0 fully saturated rings. The summed E-state index contributed by atoms with van der Waals surface area (Å²) >= 11 is 0. The maximum Gasteiger partial charge on any atom is 0.311 e. The highest BCUT2D eigenvalue weighted by Crippen LogP contribution is 2.27. The van der Waals surface area contributed by atoms with Crippen LogP contribution < -0.4 is 9.57 Å². The molecular formula is C15H14N4O7S. The van der Waals surface area contributed by atoms with Crippen LogP contribution in [-0.2, 0) is 10.0 Å². The molecule has 0 aliphatic carbocycles. The van der Waals surface area contributed by atoms with Crippen LogP contribution in [0.1, 0.15) is 12.5 Å². The van der Waals surface area contributed by atoms with Crippen molar-refractivity contribution in [2.75, 3.05) is 6.61 Å². The first-order valence-electron chi connectivity index (χ1n) is 7.45. The Morgan fingerprint density at radius 3 is 2.52 bits per heavy atom. The molecule has 142 valence electrons. The molecule has 2 aromatic carbocycles. The third kappa shape index (κ3) is 4.98. The van der Waals surface area contributed by atoms with Crippen LogP contribution in [0.4, 0.5) is 11.4 Å². The summed E-state index contributed by atoms with van der Waals surface area (Å²) < 4.78 is 29.4.